The molecule has 0 aliphatic heterocycles. The first kappa shape index (κ1) is 14.5. The molecule has 0 saturated heterocycles. The van der Waals surface area contributed by atoms with Crippen molar-refractivity contribution in [2.75, 3.05) is 20.7 Å². The van der Waals surface area contributed by atoms with Crippen molar-refractivity contribution < 1.29 is 13.2 Å². The molecule has 1 rings (SSSR count). The topological polar surface area (TPSA) is 70.4 Å². The molecule has 1 aromatic rings. The maximum atomic E-state index is 12.3. The monoisotopic (exact) mass is 268 g/mol. The Morgan fingerprint density at radius 3 is 2.22 bits per heavy atom. The molecule has 0 aliphatic rings. The first-order valence-electron chi connectivity index (χ1n) is 5.33. The molecule has 0 radical (unpaired) electrons. The molecule has 18 heavy (non-hydrogen) atoms. The predicted molar refractivity (Wildman–Crippen MR) is 67.9 cm³/mol. The minimum absolute atomic E-state index is 0.173. The lowest BCUT2D eigenvalue weighted by atomic mass is 10.1. The van der Waals surface area contributed by atoms with Crippen molar-refractivity contribution in [1.29, 1.82) is 5.26 Å². The molecule has 1 aromatic carbocycles. The van der Waals surface area contributed by atoms with Gasteiger partial charge in [-0.15, -0.1) is 0 Å². The highest BCUT2D eigenvalue weighted by Crippen LogP contribution is 2.27. The molecule has 0 heterocycles. The van der Waals surface area contributed by atoms with Crippen molar-refractivity contribution in [3.63, 3.8) is 0 Å². The summed E-state index contributed by atoms with van der Waals surface area (Å²) in [5, 5.41) is 8.59. The fraction of sp³-hybridized carbons (Fsp3) is 0.417. The van der Waals surface area contributed by atoms with Crippen LogP contribution in [-0.4, -0.2) is 33.4 Å². The van der Waals surface area contributed by atoms with Crippen molar-refractivity contribution in [3.8, 4) is 11.8 Å². The fourth-order valence-electron chi connectivity index (χ4n) is 1.78. The molecule has 0 saturated carbocycles. The van der Waals surface area contributed by atoms with E-state index in [1.54, 1.807) is 26.0 Å². The van der Waals surface area contributed by atoms with Gasteiger partial charge in [0.05, 0.1) is 18.1 Å². The van der Waals surface area contributed by atoms with Crippen LogP contribution in [0.4, 0.5) is 0 Å². The van der Waals surface area contributed by atoms with Gasteiger partial charge in [-0.05, 0) is 37.1 Å². The molecule has 0 spiro atoms. The third-order valence-electron chi connectivity index (χ3n) is 2.63. The smallest absolute Gasteiger partial charge is 0.244 e. The molecule has 5 nitrogen and oxygen atoms in total. The summed E-state index contributed by atoms with van der Waals surface area (Å²) in [6.45, 7) is 3.25. The maximum Gasteiger partial charge on any atom is 0.244 e. The average Bonchev–Trinajstić information content (AvgIpc) is 2.27. The SMILES string of the molecule is COc1cc(C)c(S(=O)(=O)N(C)CC#N)c(C)c1. The number of hydrogen-bond acceptors (Lipinski definition) is 4. The van der Waals surface area contributed by atoms with Gasteiger partial charge >= 0.3 is 0 Å². The van der Waals surface area contributed by atoms with Crippen LogP contribution in [0.3, 0.4) is 0 Å². The summed E-state index contributed by atoms with van der Waals surface area (Å²) < 4.78 is 30.7. The zero-order valence-electron chi connectivity index (χ0n) is 10.9. The Morgan fingerprint density at radius 1 is 1.33 bits per heavy atom. The Morgan fingerprint density at radius 2 is 1.83 bits per heavy atom. The second-order valence-electron chi connectivity index (χ2n) is 4.01. The second kappa shape index (κ2) is 5.38. The number of sulfonamides is 1. The van der Waals surface area contributed by atoms with E-state index >= 15 is 0 Å². The van der Waals surface area contributed by atoms with Crippen LogP contribution in [0.25, 0.3) is 0 Å². The third kappa shape index (κ3) is 2.63. The highest BCUT2D eigenvalue weighted by molar-refractivity contribution is 7.89. The van der Waals surface area contributed by atoms with Crippen LogP contribution in [0, 0.1) is 25.2 Å². The molecule has 6 heteroatoms. The van der Waals surface area contributed by atoms with Gasteiger partial charge in [0.25, 0.3) is 0 Å². The van der Waals surface area contributed by atoms with E-state index in [2.05, 4.69) is 0 Å². The minimum atomic E-state index is -3.63. The molecular formula is C12H16N2O3S. The number of hydrogen-bond donors (Lipinski definition) is 0. The number of nitriles is 1. The van der Waals surface area contributed by atoms with Gasteiger partial charge in [0.2, 0.25) is 10.0 Å². The Hall–Kier alpha value is -1.58. The van der Waals surface area contributed by atoms with E-state index in [1.165, 1.54) is 14.2 Å². The van der Waals surface area contributed by atoms with Gasteiger partial charge in [0.1, 0.15) is 12.3 Å². The van der Waals surface area contributed by atoms with Crippen molar-refractivity contribution in [2.45, 2.75) is 18.7 Å². The number of methoxy groups -OCH3 is 1. The van der Waals surface area contributed by atoms with E-state index in [-0.39, 0.29) is 11.4 Å². The van der Waals surface area contributed by atoms with E-state index in [1.807, 2.05) is 6.07 Å². The van der Waals surface area contributed by atoms with Crippen LogP contribution in [0.2, 0.25) is 0 Å². The summed E-state index contributed by atoms with van der Waals surface area (Å²) in [5.74, 6) is 0.617. The van der Waals surface area contributed by atoms with Crippen LogP contribution in [0.5, 0.6) is 5.75 Å². The van der Waals surface area contributed by atoms with Crippen molar-refractivity contribution in [3.05, 3.63) is 23.3 Å². The molecule has 0 amide bonds. The van der Waals surface area contributed by atoms with E-state index in [0.29, 0.717) is 16.9 Å². The van der Waals surface area contributed by atoms with E-state index in [0.717, 1.165) is 4.31 Å². The summed E-state index contributed by atoms with van der Waals surface area (Å²) in [7, 11) is -0.710. The molecule has 0 unspecified atom stereocenters. The molecule has 0 bridgehead atoms. The number of aryl methyl sites for hydroxylation is 2. The van der Waals surface area contributed by atoms with Crippen molar-refractivity contribution in [2.24, 2.45) is 0 Å². The highest BCUT2D eigenvalue weighted by Gasteiger charge is 2.25. The van der Waals surface area contributed by atoms with E-state index < -0.39 is 10.0 Å². The molecular weight excluding hydrogens is 252 g/mol. The van der Waals surface area contributed by atoms with Crippen LogP contribution >= 0.6 is 0 Å². The highest BCUT2D eigenvalue weighted by atomic mass is 32.2. The van der Waals surface area contributed by atoms with Crippen molar-refractivity contribution >= 4 is 10.0 Å². The molecule has 0 N–H and O–H groups in total. The van der Waals surface area contributed by atoms with Gasteiger partial charge < -0.3 is 4.74 Å². The molecule has 0 aromatic heterocycles. The molecule has 0 atom stereocenters. The standard InChI is InChI=1S/C12H16N2O3S/c1-9-7-11(17-4)8-10(2)12(9)18(15,16)14(3)6-5-13/h7-8H,6H2,1-4H3. The zero-order chi connectivity index (χ0) is 13.9. The van der Waals surface area contributed by atoms with E-state index in [4.69, 9.17) is 10.00 Å². The number of benzene rings is 1. The largest absolute Gasteiger partial charge is 0.497 e. The predicted octanol–water partition coefficient (Wildman–Crippen LogP) is 1.46. The Bertz CT molecular complexity index is 565. The number of ether oxygens (including phenoxy) is 1. The fourth-order valence-corrected chi connectivity index (χ4v) is 3.25. The van der Waals surface area contributed by atoms with E-state index in [9.17, 15) is 8.42 Å². The molecule has 98 valence electrons. The summed E-state index contributed by atoms with van der Waals surface area (Å²) in [5.41, 5.74) is 1.22. The number of nitrogens with zero attached hydrogens (tertiary/aromatic N) is 2. The second-order valence-corrected chi connectivity index (χ2v) is 5.99. The van der Waals surface area contributed by atoms with Gasteiger partial charge in [-0.2, -0.15) is 9.57 Å². The Balaban J connectivity index is 3.39. The minimum Gasteiger partial charge on any atom is -0.497 e. The molecule has 0 aliphatic carbocycles. The normalized spacial score (nSPS) is 11.3. The Kier molecular flexibility index (Phi) is 4.33. The first-order valence-corrected chi connectivity index (χ1v) is 6.77. The third-order valence-corrected chi connectivity index (χ3v) is 4.74. The first-order chi connectivity index (χ1) is 8.34. The van der Waals surface area contributed by atoms with Gasteiger partial charge in [0.15, 0.2) is 0 Å². The van der Waals surface area contributed by atoms with Crippen LogP contribution in [0.15, 0.2) is 17.0 Å². The zero-order valence-corrected chi connectivity index (χ0v) is 11.7. The van der Waals surface area contributed by atoms with Gasteiger partial charge in [-0.3, -0.25) is 0 Å². The quantitative estimate of drug-likeness (QED) is 0.775. The van der Waals surface area contributed by atoms with Crippen LogP contribution in [-0.2, 0) is 10.0 Å². The summed E-state index contributed by atoms with van der Waals surface area (Å²) >= 11 is 0. The summed E-state index contributed by atoms with van der Waals surface area (Å²) in [6, 6.07) is 5.16. The van der Waals surface area contributed by atoms with Crippen LogP contribution < -0.4 is 4.74 Å². The van der Waals surface area contributed by atoms with Gasteiger partial charge in [0, 0.05) is 7.05 Å². The lowest BCUT2D eigenvalue weighted by Crippen LogP contribution is -2.28. The lowest BCUT2D eigenvalue weighted by molar-refractivity contribution is 0.413. The number of rotatable bonds is 4. The average molecular weight is 268 g/mol. The molecule has 0 fully saturated rings. The lowest BCUT2D eigenvalue weighted by Gasteiger charge is -2.18. The summed E-state index contributed by atoms with van der Waals surface area (Å²) in [6.07, 6.45) is 0. The Labute approximate surface area is 108 Å². The summed E-state index contributed by atoms with van der Waals surface area (Å²) in [4.78, 5) is 0.237. The van der Waals surface area contributed by atoms with Gasteiger partial charge in [-0.1, -0.05) is 0 Å². The van der Waals surface area contributed by atoms with Gasteiger partial charge in [-0.25, -0.2) is 8.42 Å². The van der Waals surface area contributed by atoms with Crippen molar-refractivity contribution in [1.82, 2.24) is 4.31 Å². The van der Waals surface area contributed by atoms with Crippen LogP contribution in [0.1, 0.15) is 11.1 Å². The maximum absolute atomic E-state index is 12.3.